The zero-order valence-electron chi connectivity index (χ0n) is 36.6. The fourth-order valence-corrected chi connectivity index (χ4v) is 6.94. The second-order valence-electron chi connectivity index (χ2n) is 16.4. The molecule has 2 fully saturated rings. The molecule has 2 heterocycles. The van der Waals surface area contributed by atoms with E-state index in [1.54, 1.807) is 12.1 Å². The molecule has 62 heavy (non-hydrogen) atoms. The molecule has 0 radical (unpaired) electrons. The Hall–Kier alpha value is -3.71. The highest BCUT2D eigenvalue weighted by Crippen LogP contribution is 2.31. The van der Waals surface area contributed by atoms with Crippen molar-refractivity contribution in [3.05, 3.63) is 66.3 Å². The molecular formula is C46H71NO15. The average Bonchev–Trinajstić information content (AvgIpc) is 3.24. The molecule has 3 rings (SSSR count). The number of unbranched alkanes of at least 4 members (excludes halogenated alkanes) is 9. The van der Waals surface area contributed by atoms with Crippen molar-refractivity contribution < 1.29 is 73.4 Å². The Kier molecular flexibility index (Phi) is 23.9. The van der Waals surface area contributed by atoms with Gasteiger partial charge in [0.05, 0.1) is 6.10 Å². The number of amides is 1. The van der Waals surface area contributed by atoms with Gasteiger partial charge in [-0.05, 0) is 83.4 Å². The largest absolute Gasteiger partial charge is 0.508 e. The van der Waals surface area contributed by atoms with Crippen LogP contribution in [-0.2, 0) is 49.2 Å². The van der Waals surface area contributed by atoms with Crippen LogP contribution in [0.4, 0.5) is 0 Å². The van der Waals surface area contributed by atoms with Gasteiger partial charge in [0.25, 0.3) is 0 Å². The Bertz CT molecular complexity index is 1550. The number of ether oxygens (including phenoxy) is 6. The summed E-state index contributed by atoms with van der Waals surface area (Å²) in [5.41, 5.74) is 1.29. The summed E-state index contributed by atoms with van der Waals surface area (Å²) in [4.78, 5) is 36.1. The van der Waals surface area contributed by atoms with Crippen LogP contribution in [-0.4, -0.2) is 136 Å². The van der Waals surface area contributed by atoms with Gasteiger partial charge in [0.15, 0.2) is 12.6 Å². The molecule has 0 aliphatic carbocycles. The lowest BCUT2D eigenvalue weighted by Gasteiger charge is -2.46. The Morgan fingerprint density at radius 1 is 0.710 bits per heavy atom. The molecule has 0 spiro atoms. The molecular weight excluding hydrogens is 806 g/mol. The second kappa shape index (κ2) is 28.2. The van der Waals surface area contributed by atoms with Crippen LogP contribution in [0.5, 0.6) is 5.75 Å². The number of carbonyl (C=O) groups is 3. The number of nitrogens with one attached hydrogen (secondary N) is 1. The van der Waals surface area contributed by atoms with E-state index in [1.165, 1.54) is 13.8 Å². The number of allylic oxidation sites excluding steroid dienone is 2. The van der Waals surface area contributed by atoms with E-state index in [2.05, 4.69) is 30.6 Å². The maximum atomic E-state index is 12.1. The number of phenolic OH excluding ortho intramolecular Hbond substituents is 1. The van der Waals surface area contributed by atoms with Crippen molar-refractivity contribution in [2.45, 2.75) is 178 Å². The number of esters is 2. The van der Waals surface area contributed by atoms with Gasteiger partial charge in [0.1, 0.15) is 67.8 Å². The molecule has 350 valence electrons. The van der Waals surface area contributed by atoms with Gasteiger partial charge in [-0.1, -0.05) is 76.0 Å². The van der Waals surface area contributed by atoms with E-state index in [0.717, 1.165) is 82.6 Å². The molecule has 2 aliphatic rings. The van der Waals surface area contributed by atoms with Gasteiger partial charge in [-0.2, -0.15) is 0 Å². The molecule has 1 unspecified atom stereocenters. The van der Waals surface area contributed by atoms with Crippen molar-refractivity contribution in [1.29, 1.82) is 0 Å². The minimum atomic E-state index is -1.82. The third-order valence-corrected chi connectivity index (χ3v) is 10.8. The van der Waals surface area contributed by atoms with Gasteiger partial charge in [0, 0.05) is 24.1 Å². The Labute approximate surface area is 365 Å². The summed E-state index contributed by atoms with van der Waals surface area (Å²) in [6.45, 7) is 11.4. The maximum Gasteiger partial charge on any atom is 0.333 e. The first-order chi connectivity index (χ1) is 29.6. The van der Waals surface area contributed by atoms with E-state index in [4.69, 9.17) is 28.4 Å². The summed E-state index contributed by atoms with van der Waals surface area (Å²) in [6, 6.07) is 7.01. The Morgan fingerprint density at radius 3 is 1.81 bits per heavy atom. The summed E-state index contributed by atoms with van der Waals surface area (Å²) >= 11 is 0. The van der Waals surface area contributed by atoms with Crippen LogP contribution in [0, 0.1) is 0 Å². The van der Waals surface area contributed by atoms with Gasteiger partial charge in [-0.25, -0.2) is 9.59 Å². The molecule has 7 N–H and O–H groups in total. The third-order valence-electron chi connectivity index (χ3n) is 10.8. The number of carbonyl (C=O) groups excluding carboxylic acids is 3. The minimum Gasteiger partial charge on any atom is -0.508 e. The topological polar surface area (TPSA) is 240 Å². The zero-order chi connectivity index (χ0) is 45.6. The monoisotopic (exact) mass is 877 g/mol. The summed E-state index contributed by atoms with van der Waals surface area (Å²) in [7, 11) is 0. The third kappa shape index (κ3) is 18.6. The predicted molar refractivity (Wildman–Crippen MR) is 228 cm³/mol. The van der Waals surface area contributed by atoms with E-state index in [1.807, 2.05) is 19.1 Å². The van der Waals surface area contributed by atoms with Crippen molar-refractivity contribution >= 4 is 17.8 Å². The molecule has 0 aromatic heterocycles. The van der Waals surface area contributed by atoms with Crippen molar-refractivity contribution in [2.75, 3.05) is 19.8 Å². The van der Waals surface area contributed by atoms with Crippen LogP contribution < -0.4 is 5.32 Å². The summed E-state index contributed by atoms with van der Waals surface area (Å²) in [6.07, 6.45) is 1.35. The number of phenols is 1. The number of aromatic hydroxyl groups is 1. The van der Waals surface area contributed by atoms with Crippen LogP contribution >= 0.6 is 0 Å². The lowest BCUT2D eigenvalue weighted by molar-refractivity contribution is -0.371. The lowest BCUT2D eigenvalue weighted by Crippen LogP contribution is -2.65. The number of aliphatic hydroxyl groups is 5. The van der Waals surface area contributed by atoms with Crippen LogP contribution in [0.2, 0.25) is 0 Å². The zero-order valence-corrected chi connectivity index (χ0v) is 36.6. The predicted octanol–water partition coefficient (Wildman–Crippen LogP) is 3.96. The van der Waals surface area contributed by atoms with Gasteiger partial charge < -0.3 is 64.4 Å². The van der Waals surface area contributed by atoms with Crippen molar-refractivity contribution in [2.24, 2.45) is 0 Å². The highest BCUT2D eigenvalue weighted by Gasteiger charge is 2.51. The van der Waals surface area contributed by atoms with Crippen LogP contribution in [0.1, 0.15) is 110 Å². The SMILES string of the molecule is C=C(C)C(=O)OC[C@H]1O[C@@H](O[C@H]2[C@H](OC(C)CCCCCC/C=C\CCCCCCCC(=O)NCCc3ccc(O)cc3)O[C@H](COC(=O)C(=C)C)[C@@H](O)[C@@H]2O)[C@H](O)[C@@H](O)[C@@H]1O. The van der Waals surface area contributed by atoms with E-state index in [9.17, 15) is 45.0 Å². The molecule has 11 atom stereocenters. The smallest absolute Gasteiger partial charge is 0.333 e. The van der Waals surface area contributed by atoms with E-state index in [-0.39, 0.29) is 22.8 Å². The molecule has 16 heteroatoms. The molecule has 1 aromatic rings. The number of rotatable bonds is 28. The van der Waals surface area contributed by atoms with Crippen molar-refractivity contribution in [3.63, 3.8) is 0 Å². The first-order valence-corrected chi connectivity index (χ1v) is 22.0. The quantitative estimate of drug-likeness (QED) is 0.0273. The first kappa shape index (κ1) is 52.6. The number of benzene rings is 1. The molecule has 0 saturated carbocycles. The Balaban J connectivity index is 1.36. The molecule has 2 aliphatic heterocycles. The number of hydrogen-bond acceptors (Lipinski definition) is 15. The normalized spacial score (nSPS) is 26.8. The first-order valence-electron chi connectivity index (χ1n) is 22.0. The van der Waals surface area contributed by atoms with Crippen LogP contribution in [0.3, 0.4) is 0 Å². The lowest BCUT2D eigenvalue weighted by atomic mass is 9.97. The van der Waals surface area contributed by atoms with E-state index >= 15 is 0 Å². The molecule has 1 aromatic carbocycles. The maximum absolute atomic E-state index is 12.1. The van der Waals surface area contributed by atoms with Gasteiger partial charge in [0.2, 0.25) is 5.91 Å². The average molecular weight is 878 g/mol. The van der Waals surface area contributed by atoms with Gasteiger partial charge >= 0.3 is 11.9 Å². The Morgan fingerprint density at radius 2 is 1.23 bits per heavy atom. The second-order valence-corrected chi connectivity index (χ2v) is 16.4. The molecule has 1 amide bonds. The molecule has 16 nitrogen and oxygen atoms in total. The molecule has 2 saturated heterocycles. The van der Waals surface area contributed by atoms with Crippen molar-refractivity contribution in [3.8, 4) is 5.75 Å². The standard InChI is InChI=1S/C46H71NO15/c1-29(2)43(55)57-27-34-37(50)39(52)41(54)45(60-34)62-42-40(53)38(51)35(28-58-44(56)30(3)4)61-46(42)59-31(5)19-17-15-13-11-9-7-6-8-10-12-14-16-18-20-36(49)47-26-25-32-21-23-33(48)24-22-32/h6-7,21-24,31,34-35,37-42,45-46,48,50-54H,1,3,8-20,25-28H2,2,4-5H3,(H,47,49)/b7-6-/t31?,34-,35-,37-,38-,39+,40+,41-,42-,45+,46-/m1/s1. The fourth-order valence-electron chi connectivity index (χ4n) is 6.94. The van der Waals surface area contributed by atoms with Crippen LogP contribution in [0.25, 0.3) is 0 Å². The highest BCUT2D eigenvalue weighted by atomic mass is 16.8. The van der Waals surface area contributed by atoms with Gasteiger partial charge in [-0.15, -0.1) is 0 Å². The van der Waals surface area contributed by atoms with E-state index < -0.39 is 92.7 Å². The van der Waals surface area contributed by atoms with E-state index in [0.29, 0.717) is 19.4 Å². The number of hydrogen-bond donors (Lipinski definition) is 7. The molecule has 0 bridgehead atoms. The van der Waals surface area contributed by atoms with Gasteiger partial charge in [-0.3, -0.25) is 4.79 Å². The summed E-state index contributed by atoms with van der Waals surface area (Å²) < 4.78 is 34.0. The summed E-state index contributed by atoms with van der Waals surface area (Å²) in [5.74, 6) is -1.17. The fraction of sp³-hybridized carbons (Fsp3) is 0.674. The number of aliphatic hydroxyl groups excluding tert-OH is 5. The van der Waals surface area contributed by atoms with Crippen LogP contribution in [0.15, 0.2) is 60.7 Å². The summed E-state index contributed by atoms with van der Waals surface area (Å²) in [5, 5.41) is 66.3. The van der Waals surface area contributed by atoms with Crippen molar-refractivity contribution in [1.82, 2.24) is 5.32 Å². The minimum absolute atomic E-state index is 0.0804. The highest BCUT2D eigenvalue weighted by molar-refractivity contribution is 5.87.